The average molecular weight is 436 g/mol. The van der Waals surface area contributed by atoms with E-state index in [2.05, 4.69) is 45.5 Å². The molecule has 0 saturated carbocycles. The molecule has 0 amide bonds. The lowest BCUT2D eigenvalue weighted by atomic mass is 10.2. The minimum absolute atomic E-state index is 0.529. The fourth-order valence-electron chi connectivity index (χ4n) is 3.19. The fraction of sp³-hybridized carbons (Fsp3) is 0.261. The van der Waals surface area contributed by atoms with Crippen LogP contribution in [0.25, 0.3) is 10.9 Å². The van der Waals surface area contributed by atoms with Crippen molar-refractivity contribution in [1.29, 1.82) is 0 Å². The molecule has 0 saturated heterocycles. The van der Waals surface area contributed by atoms with Crippen LogP contribution in [0.1, 0.15) is 25.1 Å². The molecule has 0 fully saturated rings. The van der Waals surface area contributed by atoms with Crippen molar-refractivity contribution in [3.63, 3.8) is 0 Å². The van der Waals surface area contributed by atoms with Gasteiger partial charge in [0.1, 0.15) is 5.82 Å². The van der Waals surface area contributed by atoms with Gasteiger partial charge in [-0.05, 0) is 67.8 Å². The van der Waals surface area contributed by atoms with Crippen LogP contribution in [0.3, 0.4) is 0 Å². The number of hydrogen-bond acceptors (Lipinski definition) is 7. The molecule has 2 heterocycles. The molecule has 0 aliphatic rings. The zero-order valence-electron chi connectivity index (χ0n) is 18.8. The second-order valence-corrected chi connectivity index (χ2v) is 7.61. The topological polar surface area (TPSA) is 84.9 Å². The molecule has 0 atom stereocenters. The minimum atomic E-state index is 0.529. The number of rotatable bonds is 5. The van der Waals surface area contributed by atoms with Crippen molar-refractivity contribution in [3.8, 4) is 0 Å². The first-order valence-corrected chi connectivity index (χ1v) is 11.1. The molecule has 4 rings (SSSR count). The first-order valence-electron chi connectivity index (χ1n) is 10.2. The Kier molecular flexibility index (Phi) is 7.14. The molecule has 0 bridgehead atoms. The van der Waals surface area contributed by atoms with Gasteiger partial charge in [-0.25, -0.2) is 4.98 Å². The standard InChI is InChI=1S/C21H23N7S.C2H6/c1-13-5-6-15(11-19(13)29-22)24-21-23-10-9-20(25-21)27(3)16-7-8-17-14(2)28(4)26-18(17)12-16;1-2/h5-12H,22H2,1-4H3,(H,23,24,25);1-2H3. The Labute approximate surface area is 187 Å². The predicted octanol–water partition coefficient (Wildman–Crippen LogP) is 5.48. The smallest absolute Gasteiger partial charge is 0.229 e. The van der Waals surface area contributed by atoms with Gasteiger partial charge < -0.3 is 10.2 Å². The fourth-order valence-corrected chi connectivity index (χ4v) is 3.64. The number of nitrogens with zero attached hydrogens (tertiary/aromatic N) is 5. The van der Waals surface area contributed by atoms with Gasteiger partial charge in [-0.1, -0.05) is 19.9 Å². The zero-order valence-corrected chi connectivity index (χ0v) is 19.7. The van der Waals surface area contributed by atoms with E-state index in [1.807, 2.05) is 68.7 Å². The molecule has 0 aliphatic carbocycles. The Bertz CT molecular complexity index is 1190. The maximum atomic E-state index is 5.74. The van der Waals surface area contributed by atoms with Gasteiger partial charge in [0, 0.05) is 47.6 Å². The molecule has 7 nitrogen and oxygen atoms in total. The number of aromatic nitrogens is 4. The van der Waals surface area contributed by atoms with Crippen LogP contribution >= 0.6 is 11.9 Å². The van der Waals surface area contributed by atoms with Gasteiger partial charge >= 0.3 is 0 Å². The van der Waals surface area contributed by atoms with Crippen molar-refractivity contribution < 1.29 is 0 Å². The highest BCUT2D eigenvalue weighted by molar-refractivity contribution is 7.97. The van der Waals surface area contributed by atoms with Gasteiger partial charge in [0.2, 0.25) is 5.95 Å². The third kappa shape index (κ3) is 4.81. The van der Waals surface area contributed by atoms with E-state index in [0.29, 0.717) is 5.95 Å². The molecule has 0 unspecified atom stereocenters. The van der Waals surface area contributed by atoms with Crippen LogP contribution in [-0.2, 0) is 7.05 Å². The summed E-state index contributed by atoms with van der Waals surface area (Å²) in [6.45, 7) is 8.10. The van der Waals surface area contributed by atoms with Gasteiger partial charge in [0.15, 0.2) is 0 Å². The van der Waals surface area contributed by atoms with Crippen LogP contribution in [0.2, 0.25) is 0 Å². The largest absolute Gasteiger partial charge is 0.329 e. The van der Waals surface area contributed by atoms with Gasteiger partial charge in [-0.15, -0.1) is 0 Å². The van der Waals surface area contributed by atoms with Crippen LogP contribution in [0.4, 0.5) is 23.1 Å². The van der Waals surface area contributed by atoms with Gasteiger partial charge in [0.05, 0.1) is 5.52 Å². The molecular weight excluding hydrogens is 406 g/mol. The molecule has 162 valence electrons. The van der Waals surface area contributed by atoms with Gasteiger partial charge in [0.25, 0.3) is 0 Å². The summed E-state index contributed by atoms with van der Waals surface area (Å²) in [5, 5.41) is 14.7. The third-order valence-electron chi connectivity index (χ3n) is 5.06. The van der Waals surface area contributed by atoms with E-state index >= 15 is 0 Å². The predicted molar refractivity (Wildman–Crippen MR) is 131 cm³/mol. The number of anilines is 4. The van der Waals surface area contributed by atoms with Crippen molar-refractivity contribution >= 4 is 46.0 Å². The maximum Gasteiger partial charge on any atom is 0.229 e. The molecule has 0 aliphatic heterocycles. The van der Waals surface area contributed by atoms with E-state index in [4.69, 9.17) is 5.14 Å². The number of hydrogen-bond donors (Lipinski definition) is 2. The lowest BCUT2D eigenvalue weighted by molar-refractivity contribution is 0.751. The van der Waals surface area contributed by atoms with E-state index in [-0.39, 0.29) is 0 Å². The number of benzene rings is 2. The highest BCUT2D eigenvalue weighted by Crippen LogP contribution is 2.28. The molecule has 2 aromatic carbocycles. The van der Waals surface area contributed by atoms with Crippen LogP contribution in [-0.4, -0.2) is 26.8 Å². The Balaban J connectivity index is 0.00000132. The lowest BCUT2D eigenvalue weighted by Crippen LogP contribution is -2.12. The molecular formula is C23H29N7S. The van der Waals surface area contributed by atoms with Crippen molar-refractivity contribution in [1.82, 2.24) is 19.7 Å². The maximum absolute atomic E-state index is 5.74. The molecule has 3 N–H and O–H groups in total. The summed E-state index contributed by atoms with van der Waals surface area (Å²) < 4.78 is 1.90. The summed E-state index contributed by atoms with van der Waals surface area (Å²) in [5.74, 6) is 1.32. The van der Waals surface area contributed by atoms with E-state index in [9.17, 15) is 0 Å². The van der Waals surface area contributed by atoms with Crippen LogP contribution in [0, 0.1) is 13.8 Å². The molecule has 4 aromatic rings. The zero-order chi connectivity index (χ0) is 22.5. The Hall–Kier alpha value is -3.10. The molecule has 2 aromatic heterocycles. The monoisotopic (exact) mass is 435 g/mol. The molecule has 0 spiro atoms. The Morgan fingerprint density at radius 3 is 2.58 bits per heavy atom. The Morgan fingerprint density at radius 1 is 1.06 bits per heavy atom. The van der Waals surface area contributed by atoms with Gasteiger partial charge in [-0.2, -0.15) is 10.1 Å². The van der Waals surface area contributed by atoms with Crippen LogP contribution in [0.5, 0.6) is 0 Å². The summed E-state index contributed by atoms with van der Waals surface area (Å²) in [6.07, 6.45) is 1.75. The van der Waals surface area contributed by atoms with Crippen LogP contribution in [0.15, 0.2) is 53.6 Å². The lowest BCUT2D eigenvalue weighted by Gasteiger charge is -2.19. The first-order chi connectivity index (χ1) is 15.0. The van der Waals surface area contributed by atoms with Crippen molar-refractivity contribution in [2.45, 2.75) is 32.6 Å². The first kappa shape index (κ1) is 22.6. The SMILES string of the molecule is CC.Cc1ccc(Nc2nccc(N(C)c3ccc4c(C)n(C)nc4c3)n2)cc1SN. The molecule has 31 heavy (non-hydrogen) atoms. The number of nitrogens with one attached hydrogen (secondary N) is 1. The molecule has 0 radical (unpaired) electrons. The minimum Gasteiger partial charge on any atom is -0.329 e. The van der Waals surface area contributed by atoms with E-state index in [1.165, 1.54) is 11.9 Å². The van der Waals surface area contributed by atoms with Crippen LogP contribution < -0.4 is 15.4 Å². The quantitative estimate of drug-likeness (QED) is 0.401. The third-order valence-corrected chi connectivity index (χ3v) is 5.75. The van der Waals surface area contributed by atoms with Crippen molar-refractivity contribution in [2.75, 3.05) is 17.3 Å². The second kappa shape index (κ2) is 9.80. The van der Waals surface area contributed by atoms with Gasteiger partial charge in [-0.3, -0.25) is 9.82 Å². The van der Waals surface area contributed by atoms with E-state index < -0.39 is 0 Å². The second-order valence-electron chi connectivity index (χ2n) is 6.93. The summed E-state index contributed by atoms with van der Waals surface area (Å²) in [7, 11) is 3.94. The normalized spacial score (nSPS) is 10.5. The average Bonchev–Trinajstić information content (AvgIpc) is 3.09. The molecule has 8 heteroatoms. The van der Waals surface area contributed by atoms with Crippen molar-refractivity contribution in [2.24, 2.45) is 12.2 Å². The summed E-state index contributed by atoms with van der Waals surface area (Å²) in [6, 6.07) is 14.2. The summed E-state index contributed by atoms with van der Waals surface area (Å²) in [5.41, 5.74) is 5.16. The summed E-state index contributed by atoms with van der Waals surface area (Å²) in [4.78, 5) is 12.1. The summed E-state index contributed by atoms with van der Waals surface area (Å²) >= 11 is 1.23. The highest BCUT2D eigenvalue weighted by atomic mass is 32.2. The van der Waals surface area contributed by atoms with E-state index in [1.54, 1.807) is 6.20 Å². The number of fused-ring (bicyclic) bond motifs is 1. The Morgan fingerprint density at radius 2 is 1.84 bits per heavy atom. The van der Waals surface area contributed by atoms with Crippen molar-refractivity contribution in [3.05, 3.63) is 59.9 Å². The highest BCUT2D eigenvalue weighted by Gasteiger charge is 2.11. The van der Waals surface area contributed by atoms with E-state index in [0.717, 1.165) is 44.2 Å². The number of aryl methyl sites for hydroxylation is 3. The number of nitrogens with two attached hydrogens (primary N) is 1.